The number of carbonyl (C=O) groups excluding carboxylic acids is 1. The molecule has 2 aromatic heterocycles. The van der Waals surface area contributed by atoms with Gasteiger partial charge in [0.25, 0.3) is 5.91 Å². The van der Waals surface area contributed by atoms with Crippen molar-refractivity contribution in [3.8, 4) is 0 Å². The SMILES string of the molecule is CNc1nnc(C(=O)NCc2cn[nH]c2C)s1. The number of anilines is 1. The van der Waals surface area contributed by atoms with Crippen LogP contribution in [0.2, 0.25) is 0 Å². The van der Waals surface area contributed by atoms with Gasteiger partial charge in [-0.15, -0.1) is 10.2 Å². The lowest BCUT2D eigenvalue weighted by Gasteiger charge is -2.00. The van der Waals surface area contributed by atoms with Crippen LogP contribution in [-0.4, -0.2) is 33.3 Å². The summed E-state index contributed by atoms with van der Waals surface area (Å²) >= 11 is 1.21. The molecule has 17 heavy (non-hydrogen) atoms. The molecule has 0 bridgehead atoms. The maximum Gasteiger partial charge on any atom is 0.282 e. The molecule has 2 aromatic rings. The van der Waals surface area contributed by atoms with Crippen LogP contribution in [0.25, 0.3) is 0 Å². The predicted octanol–water partition coefficient (Wildman–Crippen LogP) is 0.541. The summed E-state index contributed by atoms with van der Waals surface area (Å²) in [6.45, 7) is 2.33. The Hall–Kier alpha value is -1.96. The van der Waals surface area contributed by atoms with Crippen LogP contribution in [0.5, 0.6) is 0 Å². The Morgan fingerprint density at radius 3 is 2.94 bits per heavy atom. The van der Waals surface area contributed by atoms with E-state index in [4.69, 9.17) is 0 Å². The van der Waals surface area contributed by atoms with Gasteiger partial charge in [0.2, 0.25) is 10.1 Å². The number of nitrogens with one attached hydrogen (secondary N) is 3. The van der Waals surface area contributed by atoms with Crippen molar-refractivity contribution in [2.24, 2.45) is 0 Å². The number of aryl methyl sites for hydroxylation is 1. The van der Waals surface area contributed by atoms with Gasteiger partial charge < -0.3 is 10.6 Å². The summed E-state index contributed by atoms with van der Waals surface area (Å²) in [7, 11) is 1.73. The Morgan fingerprint density at radius 2 is 2.35 bits per heavy atom. The van der Waals surface area contributed by atoms with Crippen LogP contribution >= 0.6 is 11.3 Å². The van der Waals surface area contributed by atoms with Crippen molar-refractivity contribution in [1.29, 1.82) is 0 Å². The lowest BCUT2D eigenvalue weighted by Crippen LogP contribution is -2.22. The van der Waals surface area contributed by atoms with Crippen LogP contribution in [0, 0.1) is 6.92 Å². The molecule has 2 heterocycles. The first-order valence-electron chi connectivity index (χ1n) is 4.99. The van der Waals surface area contributed by atoms with Crippen molar-refractivity contribution in [1.82, 2.24) is 25.7 Å². The monoisotopic (exact) mass is 252 g/mol. The number of amides is 1. The van der Waals surface area contributed by atoms with Crippen molar-refractivity contribution in [3.63, 3.8) is 0 Å². The van der Waals surface area contributed by atoms with Gasteiger partial charge in [-0.3, -0.25) is 9.89 Å². The molecule has 7 nitrogen and oxygen atoms in total. The minimum absolute atomic E-state index is 0.232. The normalized spacial score (nSPS) is 10.2. The Morgan fingerprint density at radius 1 is 1.53 bits per heavy atom. The number of rotatable bonds is 4. The second-order valence-electron chi connectivity index (χ2n) is 3.37. The van der Waals surface area contributed by atoms with Gasteiger partial charge in [0, 0.05) is 24.8 Å². The summed E-state index contributed by atoms with van der Waals surface area (Å²) in [5, 5.41) is 20.8. The quantitative estimate of drug-likeness (QED) is 0.738. The van der Waals surface area contributed by atoms with Crippen molar-refractivity contribution >= 4 is 22.4 Å². The lowest BCUT2D eigenvalue weighted by molar-refractivity contribution is 0.0950. The third kappa shape index (κ3) is 2.59. The Kier molecular flexibility index (Phi) is 3.33. The minimum atomic E-state index is -0.232. The van der Waals surface area contributed by atoms with Gasteiger partial charge in [0.1, 0.15) is 0 Å². The molecule has 0 saturated heterocycles. The molecule has 1 amide bonds. The number of H-pyrrole nitrogens is 1. The van der Waals surface area contributed by atoms with Crippen LogP contribution in [0.3, 0.4) is 0 Å². The zero-order valence-electron chi connectivity index (χ0n) is 9.44. The van der Waals surface area contributed by atoms with Gasteiger partial charge in [-0.05, 0) is 6.92 Å². The van der Waals surface area contributed by atoms with E-state index in [1.165, 1.54) is 11.3 Å². The number of hydrogen-bond acceptors (Lipinski definition) is 6. The highest BCUT2D eigenvalue weighted by molar-refractivity contribution is 7.17. The molecule has 0 aromatic carbocycles. The van der Waals surface area contributed by atoms with E-state index < -0.39 is 0 Å². The molecule has 0 spiro atoms. The third-order valence-electron chi connectivity index (χ3n) is 2.21. The van der Waals surface area contributed by atoms with Gasteiger partial charge >= 0.3 is 0 Å². The highest BCUT2D eigenvalue weighted by Crippen LogP contribution is 2.14. The van der Waals surface area contributed by atoms with Crippen LogP contribution in [0.15, 0.2) is 6.20 Å². The number of aromatic amines is 1. The molecule has 0 fully saturated rings. The molecule has 0 aliphatic heterocycles. The van der Waals surface area contributed by atoms with Crippen LogP contribution in [-0.2, 0) is 6.54 Å². The summed E-state index contributed by atoms with van der Waals surface area (Å²) in [5.41, 5.74) is 1.90. The van der Waals surface area contributed by atoms with E-state index in [1.54, 1.807) is 13.2 Å². The zero-order valence-corrected chi connectivity index (χ0v) is 10.3. The summed E-state index contributed by atoms with van der Waals surface area (Å²) < 4.78 is 0. The highest BCUT2D eigenvalue weighted by atomic mass is 32.1. The molecule has 0 radical (unpaired) electrons. The fourth-order valence-electron chi connectivity index (χ4n) is 1.22. The fourth-order valence-corrected chi connectivity index (χ4v) is 1.83. The van der Waals surface area contributed by atoms with E-state index in [-0.39, 0.29) is 5.91 Å². The maximum absolute atomic E-state index is 11.7. The Balaban J connectivity index is 1.95. The first-order valence-corrected chi connectivity index (χ1v) is 5.80. The lowest BCUT2D eigenvalue weighted by atomic mass is 10.2. The summed E-state index contributed by atoms with van der Waals surface area (Å²) in [5.74, 6) is -0.232. The van der Waals surface area contributed by atoms with E-state index in [2.05, 4.69) is 31.0 Å². The average molecular weight is 252 g/mol. The van der Waals surface area contributed by atoms with Crippen LogP contribution < -0.4 is 10.6 Å². The van der Waals surface area contributed by atoms with Crippen LogP contribution in [0.1, 0.15) is 21.1 Å². The number of hydrogen-bond donors (Lipinski definition) is 3. The van der Waals surface area contributed by atoms with E-state index in [9.17, 15) is 4.79 Å². The molecule has 0 aliphatic carbocycles. The molecule has 0 unspecified atom stereocenters. The number of nitrogens with zero attached hydrogens (tertiary/aromatic N) is 3. The summed E-state index contributed by atoms with van der Waals surface area (Å²) in [4.78, 5) is 11.7. The van der Waals surface area contributed by atoms with Gasteiger partial charge in [-0.25, -0.2) is 0 Å². The highest BCUT2D eigenvalue weighted by Gasteiger charge is 2.12. The topological polar surface area (TPSA) is 95.6 Å². The summed E-state index contributed by atoms with van der Waals surface area (Å²) in [6, 6.07) is 0. The standard InChI is InChI=1S/C9H12N6OS/c1-5-6(4-12-13-5)3-11-7(16)8-14-15-9(10-2)17-8/h4H,3H2,1-2H3,(H,10,15)(H,11,16)(H,12,13). The largest absolute Gasteiger partial charge is 0.363 e. The molecular weight excluding hydrogens is 240 g/mol. The molecule has 90 valence electrons. The predicted molar refractivity (Wildman–Crippen MR) is 64.0 cm³/mol. The smallest absolute Gasteiger partial charge is 0.282 e. The molecular formula is C9H12N6OS. The Labute approximate surface area is 102 Å². The van der Waals surface area contributed by atoms with E-state index >= 15 is 0 Å². The van der Waals surface area contributed by atoms with Gasteiger partial charge in [0.15, 0.2) is 0 Å². The van der Waals surface area contributed by atoms with E-state index in [0.717, 1.165) is 11.3 Å². The number of aromatic nitrogens is 4. The van der Waals surface area contributed by atoms with E-state index in [1.807, 2.05) is 6.92 Å². The maximum atomic E-state index is 11.7. The fraction of sp³-hybridized carbons (Fsp3) is 0.333. The molecule has 8 heteroatoms. The van der Waals surface area contributed by atoms with Crippen molar-refractivity contribution in [2.45, 2.75) is 13.5 Å². The third-order valence-corrected chi connectivity index (χ3v) is 3.15. The average Bonchev–Trinajstić information content (AvgIpc) is 2.94. The summed E-state index contributed by atoms with van der Waals surface area (Å²) in [6.07, 6.45) is 1.69. The van der Waals surface area contributed by atoms with Crippen molar-refractivity contribution in [3.05, 3.63) is 22.5 Å². The first-order chi connectivity index (χ1) is 8.20. The Bertz CT molecular complexity index is 519. The van der Waals surface area contributed by atoms with E-state index in [0.29, 0.717) is 16.7 Å². The molecule has 2 rings (SSSR count). The second kappa shape index (κ2) is 4.91. The second-order valence-corrected chi connectivity index (χ2v) is 4.34. The zero-order chi connectivity index (χ0) is 12.3. The molecule has 0 aliphatic rings. The van der Waals surface area contributed by atoms with Gasteiger partial charge in [-0.1, -0.05) is 11.3 Å². The van der Waals surface area contributed by atoms with Gasteiger partial charge in [-0.2, -0.15) is 5.10 Å². The molecule has 0 atom stereocenters. The van der Waals surface area contributed by atoms with Crippen molar-refractivity contribution < 1.29 is 4.79 Å². The van der Waals surface area contributed by atoms with Gasteiger partial charge in [0.05, 0.1) is 6.20 Å². The molecule has 3 N–H and O–H groups in total. The van der Waals surface area contributed by atoms with Crippen LogP contribution in [0.4, 0.5) is 5.13 Å². The minimum Gasteiger partial charge on any atom is -0.363 e. The number of carbonyl (C=O) groups is 1. The molecule has 0 saturated carbocycles. The van der Waals surface area contributed by atoms with Crippen molar-refractivity contribution in [2.75, 3.05) is 12.4 Å². The first kappa shape index (κ1) is 11.5.